The minimum atomic E-state index is -3.74. The molecule has 1 heterocycles. The minimum absolute atomic E-state index is 0.0313. The molecule has 0 bridgehead atoms. The van der Waals surface area contributed by atoms with Crippen molar-refractivity contribution < 1.29 is 13.3 Å². The number of aryl methyl sites for hydroxylation is 1. The molecule has 0 amide bonds. The van der Waals surface area contributed by atoms with E-state index in [4.69, 9.17) is 0 Å². The van der Waals surface area contributed by atoms with Gasteiger partial charge < -0.3 is 4.90 Å². The maximum Gasteiger partial charge on any atom is 0.293 e. The van der Waals surface area contributed by atoms with Crippen molar-refractivity contribution in [2.75, 3.05) is 50.7 Å². The SMILES string of the molecule is CCN(CC)S(=O)(=O)c1ccc(N2CCN(CCCc3ccccc3)CC2)c([N+](=O)[O-])c1. The second kappa shape index (κ2) is 10.9. The van der Waals surface area contributed by atoms with Crippen LogP contribution >= 0.6 is 0 Å². The second-order valence-electron chi connectivity index (χ2n) is 7.91. The third kappa shape index (κ3) is 5.65. The molecule has 2 aromatic rings. The van der Waals surface area contributed by atoms with Gasteiger partial charge in [-0.1, -0.05) is 44.2 Å². The van der Waals surface area contributed by atoms with Crippen LogP contribution in [0.15, 0.2) is 53.4 Å². The van der Waals surface area contributed by atoms with E-state index in [-0.39, 0.29) is 10.6 Å². The Morgan fingerprint density at radius 3 is 2.25 bits per heavy atom. The predicted octanol–water partition coefficient (Wildman–Crippen LogP) is 3.38. The summed E-state index contributed by atoms with van der Waals surface area (Å²) in [6, 6.07) is 14.7. The highest BCUT2D eigenvalue weighted by Gasteiger charge is 2.28. The smallest absolute Gasteiger partial charge is 0.293 e. The van der Waals surface area contributed by atoms with Crippen LogP contribution in [-0.2, 0) is 16.4 Å². The lowest BCUT2D eigenvalue weighted by Crippen LogP contribution is -2.46. The van der Waals surface area contributed by atoms with Crippen molar-refractivity contribution in [1.82, 2.24) is 9.21 Å². The molecule has 0 saturated carbocycles. The van der Waals surface area contributed by atoms with Crippen molar-refractivity contribution >= 4 is 21.4 Å². The summed E-state index contributed by atoms with van der Waals surface area (Å²) in [4.78, 5) is 15.6. The van der Waals surface area contributed by atoms with Gasteiger partial charge in [-0.25, -0.2) is 8.42 Å². The predicted molar refractivity (Wildman–Crippen MR) is 127 cm³/mol. The van der Waals surface area contributed by atoms with Crippen LogP contribution in [0, 0.1) is 10.1 Å². The Hall–Kier alpha value is -2.49. The van der Waals surface area contributed by atoms with E-state index in [1.807, 2.05) is 11.0 Å². The molecule has 0 aromatic heterocycles. The van der Waals surface area contributed by atoms with E-state index in [0.717, 1.165) is 32.5 Å². The zero-order chi connectivity index (χ0) is 23.1. The average molecular weight is 461 g/mol. The van der Waals surface area contributed by atoms with Gasteiger partial charge in [0.2, 0.25) is 10.0 Å². The Labute approximate surface area is 190 Å². The van der Waals surface area contributed by atoms with E-state index in [1.165, 1.54) is 22.0 Å². The lowest BCUT2D eigenvalue weighted by atomic mass is 10.1. The third-order valence-electron chi connectivity index (χ3n) is 5.98. The quantitative estimate of drug-likeness (QED) is 0.399. The fourth-order valence-corrected chi connectivity index (χ4v) is 5.63. The molecule has 32 heavy (non-hydrogen) atoms. The van der Waals surface area contributed by atoms with Gasteiger partial charge in [0.1, 0.15) is 5.69 Å². The molecule has 174 valence electrons. The Kier molecular flexibility index (Phi) is 8.22. The molecule has 2 aromatic carbocycles. The number of nitro groups is 1. The van der Waals surface area contributed by atoms with Gasteiger partial charge in [-0.3, -0.25) is 15.0 Å². The Morgan fingerprint density at radius 2 is 1.66 bits per heavy atom. The second-order valence-corrected chi connectivity index (χ2v) is 9.85. The van der Waals surface area contributed by atoms with Crippen molar-refractivity contribution in [3.63, 3.8) is 0 Å². The molecule has 9 heteroatoms. The van der Waals surface area contributed by atoms with E-state index in [1.54, 1.807) is 19.9 Å². The van der Waals surface area contributed by atoms with Crippen molar-refractivity contribution in [2.45, 2.75) is 31.6 Å². The van der Waals surface area contributed by atoms with Crippen LogP contribution in [-0.4, -0.2) is 68.4 Å². The van der Waals surface area contributed by atoms with Crippen LogP contribution in [0.5, 0.6) is 0 Å². The van der Waals surface area contributed by atoms with Crippen molar-refractivity contribution in [1.29, 1.82) is 0 Å². The first-order chi connectivity index (χ1) is 15.4. The normalized spacial score (nSPS) is 15.3. The summed E-state index contributed by atoms with van der Waals surface area (Å²) in [6.45, 7) is 8.14. The maximum atomic E-state index is 12.8. The van der Waals surface area contributed by atoms with E-state index >= 15 is 0 Å². The van der Waals surface area contributed by atoms with Crippen LogP contribution in [0.1, 0.15) is 25.8 Å². The first kappa shape index (κ1) is 24.2. The summed E-state index contributed by atoms with van der Waals surface area (Å²) in [5.41, 5.74) is 1.66. The molecule has 1 aliphatic rings. The number of sulfonamides is 1. The molecule has 3 rings (SSSR count). The molecule has 1 aliphatic heterocycles. The molecule has 0 N–H and O–H groups in total. The molecule has 0 atom stereocenters. The summed E-state index contributed by atoms with van der Waals surface area (Å²) in [5.74, 6) is 0. The van der Waals surface area contributed by atoms with Gasteiger partial charge in [0.15, 0.2) is 0 Å². The zero-order valence-electron chi connectivity index (χ0n) is 18.8. The number of nitrogens with zero attached hydrogens (tertiary/aromatic N) is 4. The zero-order valence-corrected chi connectivity index (χ0v) is 19.6. The number of benzene rings is 2. The van der Waals surface area contributed by atoms with Crippen molar-refractivity contribution in [3.8, 4) is 0 Å². The van der Waals surface area contributed by atoms with Gasteiger partial charge in [-0.05, 0) is 37.1 Å². The van der Waals surface area contributed by atoms with Crippen LogP contribution in [0.25, 0.3) is 0 Å². The van der Waals surface area contributed by atoms with Crippen LogP contribution in [0.3, 0.4) is 0 Å². The van der Waals surface area contributed by atoms with E-state index in [2.05, 4.69) is 29.2 Å². The number of anilines is 1. The van der Waals surface area contributed by atoms with E-state index in [9.17, 15) is 18.5 Å². The fraction of sp³-hybridized carbons (Fsp3) is 0.478. The standard InChI is InChI=1S/C23H32N4O4S/c1-3-26(4-2)32(30,31)21-12-13-22(23(19-21)27(28)29)25-17-15-24(16-18-25)14-8-11-20-9-6-5-7-10-20/h5-7,9-10,12-13,19H,3-4,8,11,14-18H2,1-2H3. The van der Waals surface area contributed by atoms with Gasteiger partial charge in [0, 0.05) is 45.3 Å². The number of nitro benzene ring substituents is 1. The first-order valence-electron chi connectivity index (χ1n) is 11.2. The summed E-state index contributed by atoms with van der Waals surface area (Å²) in [6.07, 6.45) is 2.11. The van der Waals surface area contributed by atoms with E-state index < -0.39 is 14.9 Å². The Bertz CT molecular complexity index is 1000. The molecule has 0 radical (unpaired) electrons. The first-order valence-corrected chi connectivity index (χ1v) is 12.6. The highest BCUT2D eigenvalue weighted by atomic mass is 32.2. The monoisotopic (exact) mass is 460 g/mol. The van der Waals surface area contributed by atoms with Gasteiger partial charge >= 0.3 is 0 Å². The van der Waals surface area contributed by atoms with Crippen LogP contribution in [0.2, 0.25) is 0 Å². The summed E-state index contributed by atoms with van der Waals surface area (Å²) >= 11 is 0. The Balaban J connectivity index is 1.65. The highest BCUT2D eigenvalue weighted by Crippen LogP contribution is 2.32. The average Bonchev–Trinajstić information content (AvgIpc) is 2.80. The minimum Gasteiger partial charge on any atom is -0.363 e. The summed E-state index contributed by atoms with van der Waals surface area (Å²) in [5, 5.41) is 11.8. The van der Waals surface area contributed by atoms with Crippen molar-refractivity contribution in [2.24, 2.45) is 0 Å². The molecule has 0 aliphatic carbocycles. The molecular weight excluding hydrogens is 428 g/mol. The third-order valence-corrected chi connectivity index (χ3v) is 8.03. The molecule has 8 nitrogen and oxygen atoms in total. The highest BCUT2D eigenvalue weighted by molar-refractivity contribution is 7.89. The fourth-order valence-electron chi connectivity index (χ4n) is 4.15. The number of piperazine rings is 1. The van der Waals surface area contributed by atoms with Gasteiger partial charge in [0.05, 0.1) is 9.82 Å². The molecule has 0 spiro atoms. The lowest BCUT2D eigenvalue weighted by Gasteiger charge is -2.36. The number of hydrogen-bond acceptors (Lipinski definition) is 6. The van der Waals surface area contributed by atoms with Crippen LogP contribution in [0.4, 0.5) is 11.4 Å². The van der Waals surface area contributed by atoms with E-state index in [0.29, 0.717) is 31.9 Å². The summed E-state index contributed by atoms with van der Waals surface area (Å²) < 4.78 is 26.9. The van der Waals surface area contributed by atoms with Gasteiger partial charge in [-0.15, -0.1) is 0 Å². The topological polar surface area (TPSA) is 87.0 Å². The van der Waals surface area contributed by atoms with Gasteiger partial charge in [0.25, 0.3) is 5.69 Å². The Morgan fingerprint density at radius 1 is 1.00 bits per heavy atom. The largest absolute Gasteiger partial charge is 0.363 e. The number of hydrogen-bond donors (Lipinski definition) is 0. The van der Waals surface area contributed by atoms with Crippen LogP contribution < -0.4 is 4.90 Å². The van der Waals surface area contributed by atoms with Crippen molar-refractivity contribution in [3.05, 3.63) is 64.2 Å². The summed E-state index contributed by atoms with van der Waals surface area (Å²) in [7, 11) is -3.74. The molecule has 0 unspecified atom stereocenters. The lowest BCUT2D eigenvalue weighted by molar-refractivity contribution is -0.384. The maximum absolute atomic E-state index is 12.8. The molecule has 1 saturated heterocycles. The molecular formula is C23H32N4O4S. The molecule has 1 fully saturated rings. The number of rotatable bonds is 10. The van der Waals surface area contributed by atoms with Gasteiger partial charge in [-0.2, -0.15) is 4.31 Å².